The van der Waals surface area contributed by atoms with Crippen LogP contribution in [0.1, 0.15) is 29.2 Å². The number of aryl methyl sites for hydroxylation is 1. The minimum atomic E-state index is 0.327. The second-order valence-corrected chi connectivity index (χ2v) is 5.79. The number of likely N-dealkylation sites (N-methyl/N-ethyl adjacent to an activating group) is 1. The van der Waals surface area contributed by atoms with Gasteiger partial charge in [0, 0.05) is 27.4 Å². The van der Waals surface area contributed by atoms with E-state index >= 15 is 0 Å². The van der Waals surface area contributed by atoms with Crippen LogP contribution < -0.4 is 5.32 Å². The molecule has 0 aliphatic carbocycles. The number of thiophene rings is 1. The molecule has 2 heterocycles. The molecular formula is C13H16BrNOS. The van der Waals surface area contributed by atoms with Gasteiger partial charge in [0.15, 0.2) is 0 Å². The monoisotopic (exact) mass is 313 g/mol. The zero-order valence-corrected chi connectivity index (χ0v) is 12.4. The SMILES string of the molecule is CCNC(Cc1sccc1Br)c1ccoc1C. The Bertz CT molecular complexity index is 477. The van der Waals surface area contributed by atoms with Crippen LogP contribution >= 0.6 is 27.3 Å². The molecule has 2 aromatic rings. The number of rotatable bonds is 5. The van der Waals surface area contributed by atoms with Gasteiger partial charge in [-0.3, -0.25) is 0 Å². The fraction of sp³-hybridized carbons (Fsp3) is 0.385. The molecule has 0 saturated carbocycles. The van der Waals surface area contributed by atoms with Gasteiger partial charge < -0.3 is 9.73 Å². The summed E-state index contributed by atoms with van der Waals surface area (Å²) in [4.78, 5) is 1.37. The topological polar surface area (TPSA) is 25.2 Å². The van der Waals surface area contributed by atoms with E-state index in [1.54, 1.807) is 17.6 Å². The van der Waals surface area contributed by atoms with Gasteiger partial charge in [0.05, 0.1) is 6.26 Å². The van der Waals surface area contributed by atoms with Crippen LogP contribution in [-0.2, 0) is 6.42 Å². The van der Waals surface area contributed by atoms with E-state index in [2.05, 4.69) is 45.7 Å². The molecule has 0 aliphatic heterocycles. The van der Waals surface area contributed by atoms with E-state index in [0.717, 1.165) is 18.7 Å². The molecule has 0 aromatic carbocycles. The van der Waals surface area contributed by atoms with Crippen molar-refractivity contribution in [1.29, 1.82) is 0 Å². The highest BCUT2D eigenvalue weighted by Crippen LogP contribution is 2.29. The van der Waals surface area contributed by atoms with Crippen molar-refractivity contribution in [2.45, 2.75) is 26.3 Å². The number of furan rings is 1. The predicted octanol–water partition coefficient (Wildman–Crippen LogP) is 4.31. The third-order valence-corrected chi connectivity index (χ3v) is 4.75. The van der Waals surface area contributed by atoms with Gasteiger partial charge >= 0.3 is 0 Å². The largest absolute Gasteiger partial charge is 0.469 e. The van der Waals surface area contributed by atoms with Crippen LogP contribution in [0.2, 0.25) is 0 Å². The second-order valence-electron chi connectivity index (χ2n) is 3.94. The first-order valence-corrected chi connectivity index (χ1v) is 7.39. The van der Waals surface area contributed by atoms with Gasteiger partial charge in [0.25, 0.3) is 0 Å². The molecule has 2 nitrogen and oxygen atoms in total. The standard InChI is InChI=1S/C13H16BrNOS/c1-3-15-12(10-4-6-16-9(10)2)8-13-11(14)5-7-17-13/h4-7,12,15H,3,8H2,1-2H3. The van der Waals surface area contributed by atoms with Crippen LogP contribution in [0.4, 0.5) is 0 Å². The van der Waals surface area contributed by atoms with Gasteiger partial charge in [-0.15, -0.1) is 11.3 Å². The number of hydrogen-bond acceptors (Lipinski definition) is 3. The van der Waals surface area contributed by atoms with Crippen LogP contribution in [0, 0.1) is 6.92 Å². The van der Waals surface area contributed by atoms with Crippen molar-refractivity contribution < 1.29 is 4.42 Å². The predicted molar refractivity (Wildman–Crippen MR) is 75.6 cm³/mol. The summed E-state index contributed by atoms with van der Waals surface area (Å²) in [6.07, 6.45) is 2.75. The van der Waals surface area contributed by atoms with Crippen molar-refractivity contribution in [3.8, 4) is 0 Å². The number of halogens is 1. The van der Waals surface area contributed by atoms with Crippen LogP contribution in [-0.4, -0.2) is 6.54 Å². The number of nitrogens with one attached hydrogen (secondary N) is 1. The zero-order valence-electron chi connectivity index (χ0n) is 10.00. The van der Waals surface area contributed by atoms with E-state index in [9.17, 15) is 0 Å². The molecule has 0 saturated heterocycles. The Morgan fingerprint density at radius 3 is 2.82 bits per heavy atom. The van der Waals surface area contributed by atoms with Crippen molar-refractivity contribution in [2.75, 3.05) is 6.54 Å². The summed E-state index contributed by atoms with van der Waals surface area (Å²) in [6.45, 7) is 5.10. The molecule has 2 aromatic heterocycles. The summed E-state index contributed by atoms with van der Waals surface area (Å²) < 4.78 is 6.59. The molecule has 0 spiro atoms. The molecule has 0 radical (unpaired) electrons. The first-order chi connectivity index (χ1) is 8.22. The van der Waals surface area contributed by atoms with Crippen molar-refractivity contribution in [1.82, 2.24) is 5.32 Å². The summed E-state index contributed by atoms with van der Waals surface area (Å²) in [5, 5.41) is 5.63. The smallest absolute Gasteiger partial charge is 0.105 e. The Balaban J connectivity index is 2.19. The first-order valence-electron chi connectivity index (χ1n) is 5.71. The lowest BCUT2D eigenvalue weighted by Gasteiger charge is -2.16. The van der Waals surface area contributed by atoms with Crippen molar-refractivity contribution in [3.05, 3.63) is 44.4 Å². The fourth-order valence-corrected chi connectivity index (χ4v) is 3.51. The molecule has 0 fully saturated rings. The van der Waals surface area contributed by atoms with E-state index in [4.69, 9.17) is 4.42 Å². The van der Waals surface area contributed by atoms with Gasteiger partial charge in [-0.25, -0.2) is 0 Å². The quantitative estimate of drug-likeness (QED) is 0.890. The second kappa shape index (κ2) is 5.85. The summed E-state index contributed by atoms with van der Waals surface area (Å²) in [7, 11) is 0. The normalized spacial score (nSPS) is 12.9. The Morgan fingerprint density at radius 2 is 2.29 bits per heavy atom. The highest BCUT2D eigenvalue weighted by Gasteiger charge is 2.17. The Hall–Kier alpha value is -0.580. The van der Waals surface area contributed by atoms with Gasteiger partial charge in [-0.1, -0.05) is 6.92 Å². The minimum Gasteiger partial charge on any atom is -0.469 e. The average molecular weight is 314 g/mol. The first kappa shape index (κ1) is 12.9. The third-order valence-electron chi connectivity index (χ3n) is 2.81. The highest BCUT2D eigenvalue weighted by molar-refractivity contribution is 9.10. The summed E-state index contributed by atoms with van der Waals surface area (Å²) >= 11 is 5.38. The van der Waals surface area contributed by atoms with Crippen LogP contribution in [0.5, 0.6) is 0 Å². The maximum atomic E-state index is 5.39. The molecule has 2 rings (SSSR count). The zero-order chi connectivity index (χ0) is 12.3. The van der Waals surface area contributed by atoms with Gasteiger partial charge in [-0.05, 0) is 46.9 Å². The molecule has 1 N–H and O–H groups in total. The molecular weight excluding hydrogens is 298 g/mol. The average Bonchev–Trinajstić information content (AvgIpc) is 2.88. The summed E-state index contributed by atoms with van der Waals surface area (Å²) in [5.41, 5.74) is 1.26. The van der Waals surface area contributed by atoms with Gasteiger partial charge in [0.2, 0.25) is 0 Å². The number of hydrogen-bond donors (Lipinski definition) is 1. The van der Waals surface area contributed by atoms with E-state index in [0.29, 0.717) is 6.04 Å². The van der Waals surface area contributed by atoms with Crippen LogP contribution in [0.15, 0.2) is 32.7 Å². The lowest BCUT2D eigenvalue weighted by Crippen LogP contribution is -2.22. The minimum absolute atomic E-state index is 0.327. The van der Waals surface area contributed by atoms with Crippen molar-refractivity contribution in [3.63, 3.8) is 0 Å². The molecule has 17 heavy (non-hydrogen) atoms. The Kier molecular flexibility index (Phi) is 4.42. The Morgan fingerprint density at radius 1 is 1.47 bits per heavy atom. The lowest BCUT2D eigenvalue weighted by atomic mass is 10.0. The van der Waals surface area contributed by atoms with E-state index in [-0.39, 0.29) is 0 Å². The fourth-order valence-electron chi connectivity index (χ4n) is 1.95. The molecule has 1 unspecified atom stereocenters. The third kappa shape index (κ3) is 3.00. The molecule has 0 amide bonds. The molecule has 92 valence electrons. The summed E-state index contributed by atoms with van der Waals surface area (Å²) in [6, 6.07) is 4.49. The van der Waals surface area contributed by atoms with Crippen molar-refractivity contribution >= 4 is 27.3 Å². The lowest BCUT2D eigenvalue weighted by molar-refractivity contribution is 0.502. The Labute approximate surface area is 114 Å². The van der Waals surface area contributed by atoms with Gasteiger partial charge in [0.1, 0.15) is 5.76 Å². The van der Waals surface area contributed by atoms with E-state index < -0.39 is 0 Å². The molecule has 1 atom stereocenters. The maximum absolute atomic E-state index is 5.39. The van der Waals surface area contributed by atoms with E-state index in [1.807, 2.05) is 6.92 Å². The van der Waals surface area contributed by atoms with Gasteiger partial charge in [-0.2, -0.15) is 0 Å². The van der Waals surface area contributed by atoms with E-state index in [1.165, 1.54) is 14.9 Å². The molecule has 0 aliphatic rings. The molecule has 4 heteroatoms. The van der Waals surface area contributed by atoms with Crippen LogP contribution in [0.3, 0.4) is 0 Å². The summed E-state index contributed by atoms with van der Waals surface area (Å²) in [5.74, 6) is 1.00. The highest BCUT2D eigenvalue weighted by atomic mass is 79.9. The van der Waals surface area contributed by atoms with Crippen LogP contribution in [0.25, 0.3) is 0 Å². The van der Waals surface area contributed by atoms with Crippen molar-refractivity contribution in [2.24, 2.45) is 0 Å². The maximum Gasteiger partial charge on any atom is 0.105 e. The molecule has 0 bridgehead atoms.